The summed E-state index contributed by atoms with van der Waals surface area (Å²) in [6, 6.07) is 0. The summed E-state index contributed by atoms with van der Waals surface area (Å²) in [5.74, 6) is 1.09. The average Bonchev–Trinajstić information content (AvgIpc) is 2.46. The molecule has 0 aromatic rings. The van der Waals surface area contributed by atoms with Gasteiger partial charge in [0.05, 0.1) is 0 Å². The fourth-order valence-electron chi connectivity index (χ4n) is 6.24. The van der Waals surface area contributed by atoms with Crippen LogP contribution in [0.1, 0.15) is 59.8 Å². The fraction of sp³-hybridized carbons (Fsp3) is 0.667. The molecule has 3 aliphatic carbocycles. The second-order valence-corrected chi connectivity index (χ2v) is 9.36. The monoisotopic (exact) mass is 328 g/mol. The molecule has 24 heavy (non-hydrogen) atoms. The average molecular weight is 328 g/mol. The highest BCUT2D eigenvalue weighted by Crippen LogP contribution is 2.64. The van der Waals surface area contributed by atoms with E-state index in [1.54, 1.807) is 6.08 Å². The van der Waals surface area contributed by atoms with Crippen molar-refractivity contribution in [3.63, 3.8) is 0 Å². The summed E-state index contributed by atoms with van der Waals surface area (Å²) in [5.41, 5.74) is 1.19. The van der Waals surface area contributed by atoms with E-state index < -0.39 is 0 Å². The molecule has 130 valence electrons. The molecule has 4 aliphatic rings. The lowest BCUT2D eigenvalue weighted by molar-refractivity contribution is -0.162. The number of hydrogen-bond acceptors (Lipinski definition) is 3. The third kappa shape index (κ3) is 2.06. The summed E-state index contributed by atoms with van der Waals surface area (Å²) in [6.45, 7) is 9.49. The van der Waals surface area contributed by atoms with Crippen LogP contribution in [-0.4, -0.2) is 16.5 Å². The Balaban J connectivity index is 1.82. The highest BCUT2D eigenvalue weighted by atomic mass is 16.5. The molecule has 1 heterocycles. The first-order chi connectivity index (χ1) is 11.2. The molecule has 0 radical (unpaired) electrons. The van der Waals surface area contributed by atoms with Gasteiger partial charge in [0.25, 0.3) is 0 Å². The highest BCUT2D eigenvalue weighted by Gasteiger charge is 2.60. The van der Waals surface area contributed by atoms with Crippen molar-refractivity contribution in [3.8, 4) is 0 Å². The van der Waals surface area contributed by atoms with E-state index >= 15 is 0 Å². The normalized spacial score (nSPS) is 43.3. The number of hydrogen-bond donors (Lipinski definition) is 1. The molecule has 2 fully saturated rings. The van der Waals surface area contributed by atoms with E-state index in [4.69, 9.17) is 4.74 Å². The van der Waals surface area contributed by atoms with Gasteiger partial charge in [0, 0.05) is 17.6 Å². The maximum absolute atomic E-state index is 11.8. The van der Waals surface area contributed by atoms with Crippen molar-refractivity contribution in [1.82, 2.24) is 0 Å². The number of rotatable bonds is 0. The van der Waals surface area contributed by atoms with E-state index in [1.165, 1.54) is 31.8 Å². The molecule has 2 saturated carbocycles. The first kappa shape index (κ1) is 16.0. The highest BCUT2D eigenvalue weighted by molar-refractivity contribution is 6.04. The van der Waals surface area contributed by atoms with Crippen molar-refractivity contribution in [2.45, 2.75) is 65.4 Å². The molecule has 1 unspecified atom stereocenters. The standard InChI is InChI=1S/C21H28O3/c1-19(2)7-5-8-20(3)17(19)6-9-21(4)18(20)11-13-10-14(22)15(23)12-16(13)24-21/h10-12,17-18,22H,5-9H2,1-4H3/t17?,18-,20+,21+/m1/s1. The molecule has 0 spiro atoms. The van der Waals surface area contributed by atoms with Crippen LogP contribution >= 0.6 is 0 Å². The zero-order valence-electron chi connectivity index (χ0n) is 15.2. The molecule has 3 nitrogen and oxygen atoms in total. The molecular formula is C21H28O3. The van der Waals surface area contributed by atoms with Crippen LogP contribution in [-0.2, 0) is 9.53 Å². The van der Waals surface area contributed by atoms with Gasteiger partial charge in [-0.1, -0.05) is 33.3 Å². The van der Waals surface area contributed by atoms with Gasteiger partial charge in [-0.05, 0) is 55.4 Å². The van der Waals surface area contributed by atoms with Crippen LogP contribution in [0.15, 0.2) is 35.3 Å². The summed E-state index contributed by atoms with van der Waals surface area (Å²) in [5, 5.41) is 9.83. The predicted octanol–water partition coefficient (Wildman–Crippen LogP) is 4.85. The van der Waals surface area contributed by atoms with Gasteiger partial charge >= 0.3 is 0 Å². The van der Waals surface area contributed by atoms with Gasteiger partial charge in [-0.2, -0.15) is 0 Å². The Morgan fingerprint density at radius 3 is 2.62 bits per heavy atom. The molecule has 3 heteroatoms. The number of allylic oxidation sites excluding steroid dienone is 2. The number of aliphatic hydroxyl groups excluding tert-OH is 1. The van der Waals surface area contributed by atoms with E-state index in [-0.39, 0.29) is 22.6 Å². The Bertz CT molecular complexity index is 696. The van der Waals surface area contributed by atoms with Gasteiger partial charge in [0.2, 0.25) is 5.78 Å². The van der Waals surface area contributed by atoms with Gasteiger partial charge in [-0.15, -0.1) is 0 Å². The van der Waals surface area contributed by atoms with E-state index in [1.807, 2.05) is 0 Å². The molecule has 1 aliphatic heterocycles. The van der Waals surface area contributed by atoms with Crippen molar-refractivity contribution in [2.75, 3.05) is 0 Å². The third-order valence-electron chi connectivity index (χ3n) is 7.35. The minimum absolute atomic E-state index is 0.182. The maximum Gasteiger partial charge on any atom is 0.223 e. The summed E-state index contributed by atoms with van der Waals surface area (Å²) < 4.78 is 6.40. The molecule has 0 saturated heterocycles. The second kappa shape index (κ2) is 4.77. The molecule has 0 amide bonds. The Morgan fingerprint density at radius 1 is 1.12 bits per heavy atom. The summed E-state index contributed by atoms with van der Waals surface area (Å²) in [6.07, 6.45) is 11.3. The lowest BCUT2D eigenvalue weighted by atomic mass is 9.45. The van der Waals surface area contributed by atoms with Crippen LogP contribution in [0.4, 0.5) is 0 Å². The van der Waals surface area contributed by atoms with E-state index in [9.17, 15) is 9.90 Å². The minimum Gasteiger partial charge on any atom is -0.504 e. The Labute approximate surface area is 144 Å². The number of carbonyl (C=O) groups is 1. The SMILES string of the molecule is CC1(C)CCC[C@@]2(C)C1CC[C@]1(C)OC3=CC(=O)C(O)=CC3=C[C@H]21. The van der Waals surface area contributed by atoms with Crippen LogP contribution in [0.25, 0.3) is 0 Å². The number of aliphatic hydroxyl groups is 1. The molecule has 0 bridgehead atoms. The quantitative estimate of drug-likeness (QED) is 0.691. The Kier molecular flexibility index (Phi) is 3.18. The van der Waals surface area contributed by atoms with Gasteiger partial charge in [0.15, 0.2) is 5.76 Å². The summed E-state index contributed by atoms with van der Waals surface area (Å²) >= 11 is 0. The summed E-state index contributed by atoms with van der Waals surface area (Å²) in [4.78, 5) is 11.8. The fourth-order valence-corrected chi connectivity index (χ4v) is 6.24. The summed E-state index contributed by atoms with van der Waals surface area (Å²) in [7, 11) is 0. The lowest BCUT2D eigenvalue weighted by Crippen LogP contribution is -2.58. The Morgan fingerprint density at radius 2 is 1.88 bits per heavy atom. The smallest absolute Gasteiger partial charge is 0.223 e. The van der Waals surface area contributed by atoms with Gasteiger partial charge in [0.1, 0.15) is 11.4 Å². The van der Waals surface area contributed by atoms with Crippen LogP contribution < -0.4 is 0 Å². The predicted molar refractivity (Wildman–Crippen MR) is 93.3 cm³/mol. The van der Waals surface area contributed by atoms with Gasteiger partial charge in [-0.3, -0.25) is 4.79 Å². The number of carbonyl (C=O) groups excluding carboxylic acids is 1. The van der Waals surface area contributed by atoms with Gasteiger partial charge < -0.3 is 9.84 Å². The maximum atomic E-state index is 11.8. The zero-order valence-corrected chi connectivity index (χ0v) is 15.2. The molecular weight excluding hydrogens is 300 g/mol. The van der Waals surface area contributed by atoms with Crippen molar-refractivity contribution < 1.29 is 14.6 Å². The number of ether oxygens (including phenoxy) is 1. The number of ketones is 1. The molecule has 4 rings (SSSR count). The van der Waals surface area contributed by atoms with Crippen molar-refractivity contribution in [1.29, 1.82) is 0 Å². The largest absolute Gasteiger partial charge is 0.504 e. The first-order valence-electron chi connectivity index (χ1n) is 9.24. The molecule has 0 aromatic heterocycles. The topological polar surface area (TPSA) is 46.5 Å². The minimum atomic E-state index is -0.358. The molecule has 0 aromatic carbocycles. The van der Waals surface area contributed by atoms with Crippen molar-refractivity contribution in [2.24, 2.45) is 22.7 Å². The van der Waals surface area contributed by atoms with Crippen LogP contribution in [0.2, 0.25) is 0 Å². The van der Waals surface area contributed by atoms with E-state index in [2.05, 4.69) is 33.8 Å². The first-order valence-corrected chi connectivity index (χ1v) is 9.24. The van der Waals surface area contributed by atoms with Crippen LogP contribution in [0.3, 0.4) is 0 Å². The Hall–Kier alpha value is -1.51. The van der Waals surface area contributed by atoms with Crippen LogP contribution in [0.5, 0.6) is 0 Å². The van der Waals surface area contributed by atoms with Crippen molar-refractivity contribution in [3.05, 3.63) is 35.3 Å². The van der Waals surface area contributed by atoms with Gasteiger partial charge in [-0.25, -0.2) is 0 Å². The molecule has 1 N–H and O–H groups in total. The van der Waals surface area contributed by atoms with E-state index in [0.29, 0.717) is 23.0 Å². The zero-order chi connectivity index (χ0) is 17.3. The van der Waals surface area contributed by atoms with Crippen LogP contribution in [0, 0.1) is 22.7 Å². The van der Waals surface area contributed by atoms with Crippen molar-refractivity contribution >= 4 is 5.78 Å². The number of fused-ring (bicyclic) bond motifs is 4. The third-order valence-corrected chi connectivity index (χ3v) is 7.35. The second-order valence-electron chi connectivity index (χ2n) is 9.36. The molecule has 4 atom stereocenters. The van der Waals surface area contributed by atoms with E-state index in [0.717, 1.165) is 12.0 Å². The lowest BCUT2D eigenvalue weighted by Gasteiger charge is -2.62.